The number of carbonyl (C=O) groups is 4. The van der Waals surface area contributed by atoms with Gasteiger partial charge in [0.25, 0.3) is 0 Å². The zero-order valence-corrected chi connectivity index (χ0v) is 22.6. The van der Waals surface area contributed by atoms with Gasteiger partial charge in [-0.05, 0) is 64.1 Å². The van der Waals surface area contributed by atoms with Crippen molar-refractivity contribution in [2.75, 3.05) is 6.61 Å². The molecule has 0 saturated carbocycles. The Morgan fingerprint density at radius 2 is 1.15 bits per heavy atom. The molecule has 3 aromatic carbocycles. The Bertz CT molecular complexity index is 1390. The van der Waals surface area contributed by atoms with Gasteiger partial charge < -0.3 is 24.1 Å². The van der Waals surface area contributed by atoms with Gasteiger partial charge in [-0.25, -0.2) is 19.2 Å². The Hall–Kier alpha value is -4.50. The van der Waals surface area contributed by atoms with Crippen LogP contribution in [0.4, 0.5) is 0 Å². The number of carbonyl (C=O) groups excluding carboxylic acids is 3. The summed E-state index contributed by atoms with van der Waals surface area (Å²) >= 11 is 0. The highest BCUT2D eigenvalue weighted by Gasteiger charge is 2.62. The van der Waals surface area contributed by atoms with Gasteiger partial charge in [0.1, 0.15) is 12.7 Å². The second kappa shape index (κ2) is 11.7. The van der Waals surface area contributed by atoms with Crippen LogP contribution in [0, 0.1) is 20.8 Å². The first-order chi connectivity index (χ1) is 19.0. The number of carboxylic acid groups (broad SMARTS) is 1. The summed E-state index contributed by atoms with van der Waals surface area (Å²) in [6.07, 6.45) is -4.40. The van der Waals surface area contributed by atoms with E-state index >= 15 is 0 Å². The number of hydrogen-bond acceptors (Lipinski definition) is 8. The van der Waals surface area contributed by atoms with Crippen LogP contribution in [0.1, 0.15) is 54.7 Å². The van der Waals surface area contributed by atoms with Gasteiger partial charge in [-0.15, -0.1) is 0 Å². The lowest BCUT2D eigenvalue weighted by molar-refractivity contribution is -0.160. The summed E-state index contributed by atoms with van der Waals surface area (Å²) in [4.78, 5) is 51.2. The zero-order valence-electron chi connectivity index (χ0n) is 22.6. The van der Waals surface area contributed by atoms with Crippen molar-refractivity contribution in [1.82, 2.24) is 0 Å². The monoisotopic (exact) mass is 546 g/mol. The van der Waals surface area contributed by atoms with Crippen LogP contribution < -0.4 is 0 Å². The van der Waals surface area contributed by atoms with Crippen molar-refractivity contribution < 1.29 is 43.2 Å². The minimum Gasteiger partial charge on any atom is -0.479 e. The van der Waals surface area contributed by atoms with Gasteiger partial charge in [-0.2, -0.15) is 0 Å². The summed E-state index contributed by atoms with van der Waals surface area (Å²) in [7, 11) is 0. The van der Waals surface area contributed by atoms with Gasteiger partial charge in [-0.1, -0.05) is 53.1 Å². The lowest BCUT2D eigenvalue weighted by Gasteiger charge is -2.33. The fraction of sp³-hybridized carbons (Fsp3) is 0.290. The van der Waals surface area contributed by atoms with E-state index < -0.39 is 54.4 Å². The Morgan fingerprint density at radius 3 is 1.60 bits per heavy atom. The molecule has 0 bridgehead atoms. The Kier molecular flexibility index (Phi) is 8.35. The number of aliphatic carboxylic acids is 1. The summed E-state index contributed by atoms with van der Waals surface area (Å²) in [5.74, 6) is -3.73. The highest BCUT2D eigenvalue weighted by Crippen LogP contribution is 2.38. The minimum absolute atomic E-state index is 0.175. The van der Waals surface area contributed by atoms with Crippen molar-refractivity contribution in [2.24, 2.45) is 0 Å². The normalized spacial score (nSPS) is 21.9. The van der Waals surface area contributed by atoms with E-state index in [2.05, 4.69) is 0 Å². The summed E-state index contributed by atoms with van der Waals surface area (Å²) in [5.41, 5.74) is 1.48. The van der Waals surface area contributed by atoms with Crippen LogP contribution in [0.25, 0.3) is 0 Å². The average molecular weight is 547 g/mol. The molecular weight excluding hydrogens is 516 g/mol. The average Bonchev–Trinajstić information content (AvgIpc) is 3.19. The molecule has 9 nitrogen and oxygen atoms in total. The molecule has 9 heteroatoms. The molecule has 3 aromatic rings. The van der Waals surface area contributed by atoms with E-state index in [9.17, 15) is 24.3 Å². The first-order valence-electron chi connectivity index (χ1n) is 12.7. The van der Waals surface area contributed by atoms with Crippen LogP contribution in [0.5, 0.6) is 0 Å². The van der Waals surface area contributed by atoms with E-state index in [0.717, 1.165) is 16.7 Å². The van der Waals surface area contributed by atoms with Crippen molar-refractivity contribution in [2.45, 2.75) is 51.6 Å². The first-order valence-corrected chi connectivity index (χ1v) is 12.7. The quantitative estimate of drug-likeness (QED) is 0.322. The molecule has 0 spiro atoms. The number of benzene rings is 3. The lowest BCUT2D eigenvalue weighted by Crippen LogP contribution is -2.54. The summed E-state index contributed by atoms with van der Waals surface area (Å²) < 4.78 is 22.7. The zero-order chi connectivity index (χ0) is 29.0. The van der Waals surface area contributed by atoms with Crippen molar-refractivity contribution in [3.8, 4) is 0 Å². The van der Waals surface area contributed by atoms with Crippen molar-refractivity contribution in [3.05, 3.63) is 106 Å². The molecule has 1 saturated heterocycles. The van der Waals surface area contributed by atoms with Gasteiger partial charge in [0.2, 0.25) is 0 Å². The first kappa shape index (κ1) is 28.5. The largest absolute Gasteiger partial charge is 0.479 e. The third kappa shape index (κ3) is 6.21. The second-order valence-corrected chi connectivity index (χ2v) is 9.99. The predicted octanol–water partition coefficient (Wildman–Crippen LogP) is 4.46. The molecular formula is C31H30O9. The molecule has 0 aromatic heterocycles. The van der Waals surface area contributed by atoms with E-state index in [1.54, 1.807) is 72.8 Å². The van der Waals surface area contributed by atoms with Crippen molar-refractivity contribution in [1.29, 1.82) is 0 Å². The van der Waals surface area contributed by atoms with E-state index in [1.807, 2.05) is 20.8 Å². The molecule has 0 amide bonds. The second-order valence-electron chi connectivity index (χ2n) is 9.99. The van der Waals surface area contributed by atoms with Crippen molar-refractivity contribution in [3.63, 3.8) is 0 Å². The van der Waals surface area contributed by atoms with Crippen LogP contribution in [-0.2, 0) is 23.7 Å². The number of carboxylic acids is 1. The molecule has 1 unspecified atom stereocenters. The van der Waals surface area contributed by atoms with Crippen LogP contribution in [-0.4, -0.2) is 59.5 Å². The Labute approximate surface area is 231 Å². The molecule has 4 atom stereocenters. The number of aryl methyl sites for hydroxylation is 3. The Morgan fingerprint density at radius 1 is 0.725 bits per heavy atom. The van der Waals surface area contributed by atoms with E-state index in [4.69, 9.17) is 18.9 Å². The number of ether oxygens (including phenoxy) is 4. The molecule has 0 aliphatic carbocycles. The number of hydrogen-bond donors (Lipinski definition) is 1. The standard InChI is InChI=1S/C31H30O9/c1-18-5-11-21(12-6-18)28(34)37-17-24-25(39-29(35)22-13-7-19(2)8-14-22)31(4,26(38-24)27(32)33)40-30(36)23-15-9-20(3)10-16-23/h5-16,24-26H,17H2,1-4H3,(H,32,33)/t24?,25-,26+,31-/m1/s1. The molecule has 1 heterocycles. The third-order valence-corrected chi connectivity index (χ3v) is 6.75. The maximum atomic E-state index is 13.1. The maximum Gasteiger partial charge on any atom is 0.338 e. The highest BCUT2D eigenvalue weighted by molar-refractivity contribution is 5.92. The summed E-state index contributed by atoms with van der Waals surface area (Å²) in [6.45, 7) is 6.45. The smallest absolute Gasteiger partial charge is 0.338 e. The molecule has 1 N–H and O–H groups in total. The summed E-state index contributed by atoms with van der Waals surface area (Å²) in [6, 6.07) is 19.7. The fourth-order valence-corrected chi connectivity index (χ4v) is 4.39. The van der Waals surface area contributed by atoms with Gasteiger partial charge in [0.05, 0.1) is 16.7 Å². The predicted molar refractivity (Wildman–Crippen MR) is 143 cm³/mol. The van der Waals surface area contributed by atoms with Crippen LogP contribution in [0.3, 0.4) is 0 Å². The SMILES string of the molecule is Cc1ccc(C(=O)OCC2O[C@@H](C(=O)O)[C@](C)(OC(=O)c3ccc(C)cc3)[C@@H]2OC(=O)c2ccc(C)cc2)cc1. The fourth-order valence-electron chi connectivity index (χ4n) is 4.39. The maximum absolute atomic E-state index is 13.1. The molecule has 0 radical (unpaired) electrons. The molecule has 4 rings (SSSR count). The molecule has 1 aliphatic rings. The van der Waals surface area contributed by atoms with Crippen LogP contribution in [0.15, 0.2) is 72.8 Å². The third-order valence-electron chi connectivity index (χ3n) is 6.75. The van der Waals surface area contributed by atoms with Gasteiger partial charge in [0, 0.05) is 0 Å². The number of esters is 3. The van der Waals surface area contributed by atoms with Crippen LogP contribution >= 0.6 is 0 Å². The lowest BCUT2D eigenvalue weighted by atomic mass is 9.91. The molecule has 1 aliphatic heterocycles. The van der Waals surface area contributed by atoms with Gasteiger partial charge in [-0.3, -0.25) is 0 Å². The molecule has 208 valence electrons. The highest BCUT2D eigenvalue weighted by atomic mass is 16.7. The summed E-state index contributed by atoms with van der Waals surface area (Å²) in [5, 5.41) is 10.0. The van der Waals surface area contributed by atoms with E-state index in [-0.39, 0.29) is 16.7 Å². The molecule has 40 heavy (non-hydrogen) atoms. The topological polar surface area (TPSA) is 125 Å². The Balaban J connectivity index is 1.64. The van der Waals surface area contributed by atoms with E-state index in [1.165, 1.54) is 6.92 Å². The number of rotatable bonds is 8. The van der Waals surface area contributed by atoms with Crippen molar-refractivity contribution >= 4 is 23.9 Å². The molecule has 1 fully saturated rings. The minimum atomic E-state index is -1.96. The van der Waals surface area contributed by atoms with Crippen LogP contribution in [0.2, 0.25) is 0 Å². The van der Waals surface area contributed by atoms with E-state index in [0.29, 0.717) is 0 Å². The van der Waals surface area contributed by atoms with Gasteiger partial charge in [0.15, 0.2) is 17.8 Å². The van der Waals surface area contributed by atoms with Gasteiger partial charge >= 0.3 is 23.9 Å².